The zero-order valence-electron chi connectivity index (χ0n) is 8.74. The number of nitrogens with zero attached hydrogens (tertiary/aromatic N) is 2. The number of aromatic nitrogens is 1. The second-order valence-corrected chi connectivity index (χ2v) is 4.06. The van der Waals surface area contributed by atoms with Crippen molar-refractivity contribution in [2.24, 2.45) is 0 Å². The van der Waals surface area contributed by atoms with Gasteiger partial charge in [-0.15, -0.1) is 0 Å². The molecule has 0 atom stereocenters. The van der Waals surface area contributed by atoms with Crippen LogP contribution in [0.1, 0.15) is 32.0 Å². The Labute approximate surface area is 84.3 Å². The first-order valence-corrected chi connectivity index (χ1v) is 4.50. The third-order valence-electron chi connectivity index (χ3n) is 1.61. The summed E-state index contributed by atoms with van der Waals surface area (Å²) < 4.78 is 5.58. The van der Waals surface area contributed by atoms with Crippen LogP contribution in [0.2, 0.25) is 0 Å². The van der Waals surface area contributed by atoms with Gasteiger partial charge in [0.05, 0.1) is 12.2 Å². The van der Waals surface area contributed by atoms with Crippen molar-refractivity contribution in [1.29, 1.82) is 5.26 Å². The van der Waals surface area contributed by atoms with Crippen LogP contribution in [0.4, 0.5) is 0 Å². The molecule has 0 saturated carbocycles. The molecular weight excluding hydrogens is 176 g/mol. The Balaban J connectivity index is 2.65. The van der Waals surface area contributed by atoms with Crippen molar-refractivity contribution >= 4 is 0 Å². The van der Waals surface area contributed by atoms with Gasteiger partial charge in [-0.25, -0.2) is 4.98 Å². The normalized spacial score (nSPS) is 11.0. The number of ether oxygens (including phenoxy) is 1. The number of rotatable bonds is 2. The van der Waals surface area contributed by atoms with E-state index in [2.05, 4.69) is 4.98 Å². The molecule has 0 bridgehead atoms. The number of hydrogen-bond donors (Lipinski definition) is 0. The van der Waals surface area contributed by atoms with Gasteiger partial charge in [0, 0.05) is 6.20 Å². The van der Waals surface area contributed by atoms with E-state index in [0.717, 1.165) is 5.56 Å². The fourth-order valence-corrected chi connectivity index (χ4v) is 0.925. The molecule has 1 heterocycles. The lowest BCUT2D eigenvalue weighted by Gasteiger charge is -2.19. The largest absolute Gasteiger partial charge is 0.371 e. The first kappa shape index (κ1) is 10.7. The van der Waals surface area contributed by atoms with Crippen LogP contribution in [0, 0.1) is 11.3 Å². The molecule has 0 aliphatic carbocycles. The smallest absolute Gasteiger partial charge is 0.140 e. The second-order valence-electron chi connectivity index (χ2n) is 4.06. The molecule has 0 amide bonds. The van der Waals surface area contributed by atoms with E-state index in [9.17, 15) is 0 Å². The lowest BCUT2D eigenvalue weighted by atomic mass is 10.2. The highest BCUT2D eigenvalue weighted by Gasteiger charge is 2.09. The quantitative estimate of drug-likeness (QED) is 0.718. The fourth-order valence-electron chi connectivity index (χ4n) is 0.925. The maximum atomic E-state index is 8.64. The Kier molecular flexibility index (Phi) is 3.21. The van der Waals surface area contributed by atoms with E-state index in [1.165, 1.54) is 0 Å². The second kappa shape index (κ2) is 4.21. The number of nitriles is 1. The van der Waals surface area contributed by atoms with Gasteiger partial charge in [0.15, 0.2) is 0 Å². The Hall–Kier alpha value is -1.40. The lowest BCUT2D eigenvalue weighted by Crippen LogP contribution is -2.18. The summed E-state index contributed by atoms with van der Waals surface area (Å²) in [5.41, 5.74) is 1.25. The van der Waals surface area contributed by atoms with E-state index < -0.39 is 0 Å². The lowest BCUT2D eigenvalue weighted by molar-refractivity contribution is -0.0149. The summed E-state index contributed by atoms with van der Waals surface area (Å²) >= 11 is 0. The van der Waals surface area contributed by atoms with Crippen LogP contribution >= 0.6 is 0 Å². The molecule has 74 valence electrons. The molecule has 14 heavy (non-hydrogen) atoms. The van der Waals surface area contributed by atoms with E-state index in [0.29, 0.717) is 12.3 Å². The Morgan fingerprint density at radius 3 is 2.79 bits per heavy atom. The maximum Gasteiger partial charge on any atom is 0.140 e. The molecule has 3 nitrogen and oxygen atoms in total. The molecule has 3 heteroatoms. The minimum atomic E-state index is -0.157. The van der Waals surface area contributed by atoms with Crippen LogP contribution in [0.15, 0.2) is 18.3 Å². The molecular formula is C11H14N2O. The average molecular weight is 190 g/mol. The summed E-state index contributed by atoms with van der Waals surface area (Å²) in [5, 5.41) is 8.64. The minimum absolute atomic E-state index is 0.157. The molecule has 0 spiro atoms. The van der Waals surface area contributed by atoms with Crippen LogP contribution in [-0.4, -0.2) is 10.6 Å². The monoisotopic (exact) mass is 190 g/mol. The van der Waals surface area contributed by atoms with Gasteiger partial charge in [-0.1, -0.05) is 0 Å². The Morgan fingerprint density at radius 1 is 1.50 bits per heavy atom. The summed E-state index contributed by atoms with van der Waals surface area (Å²) in [6.07, 6.45) is 1.62. The zero-order chi connectivity index (χ0) is 10.6. The summed E-state index contributed by atoms with van der Waals surface area (Å²) in [6, 6.07) is 5.59. The number of hydrogen-bond acceptors (Lipinski definition) is 3. The molecule has 0 fully saturated rings. The molecule has 0 radical (unpaired) electrons. The molecule has 0 N–H and O–H groups in total. The highest BCUT2D eigenvalue weighted by Crippen LogP contribution is 2.11. The standard InChI is InChI=1S/C11H14N2O/c1-11(2,3)14-8-9-4-5-13-10(6-9)7-12/h4-6H,8H2,1-3H3. The summed E-state index contributed by atoms with van der Waals surface area (Å²) in [6.45, 7) is 6.51. The molecule has 0 aliphatic heterocycles. The highest BCUT2D eigenvalue weighted by molar-refractivity contribution is 5.24. The van der Waals surface area contributed by atoms with Crippen molar-refractivity contribution in [2.75, 3.05) is 0 Å². The van der Waals surface area contributed by atoms with Gasteiger partial charge in [-0.2, -0.15) is 5.26 Å². The predicted molar refractivity (Wildman–Crippen MR) is 53.5 cm³/mol. The van der Waals surface area contributed by atoms with Crippen molar-refractivity contribution in [2.45, 2.75) is 33.0 Å². The third kappa shape index (κ3) is 3.55. The van der Waals surface area contributed by atoms with Gasteiger partial charge in [0.25, 0.3) is 0 Å². The molecule has 1 aromatic rings. The van der Waals surface area contributed by atoms with E-state index in [4.69, 9.17) is 10.00 Å². The van der Waals surface area contributed by atoms with Crippen LogP contribution < -0.4 is 0 Å². The minimum Gasteiger partial charge on any atom is -0.371 e. The van der Waals surface area contributed by atoms with Crippen LogP contribution in [0.3, 0.4) is 0 Å². The Bertz CT molecular complexity index is 347. The first-order valence-electron chi connectivity index (χ1n) is 4.50. The van der Waals surface area contributed by atoms with Gasteiger partial charge in [-0.3, -0.25) is 0 Å². The van der Waals surface area contributed by atoms with Crippen molar-refractivity contribution in [3.05, 3.63) is 29.6 Å². The van der Waals surface area contributed by atoms with Crippen molar-refractivity contribution in [3.8, 4) is 6.07 Å². The van der Waals surface area contributed by atoms with E-state index in [1.807, 2.05) is 32.9 Å². The van der Waals surface area contributed by atoms with E-state index >= 15 is 0 Å². The molecule has 1 aromatic heterocycles. The maximum absolute atomic E-state index is 8.64. The molecule has 0 unspecified atom stereocenters. The highest BCUT2D eigenvalue weighted by atomic mass is 16.5. The molecule has 0 aliphatic rings. The summed E-state index contributed by atoms with van der Waals surface area (Å²) in [7, 11) is 0. The van der Waals surface area contributed by atoms with Gasteiger partial charge < -0.3 is 4.74 Å². The predicted octanol–water partition coefficient (Wildman–Crippen LogP) is 2.27. The Morgan fingerprint density at radius 2 is 2.21 bits per heavy atom. The van der Waals surface area contributed by atoms with Crippen molar-refractivity contribution in [1.82, 2.24) is 4.98 Å². The topological polar surface area (TPSA) is 45.9 Å². The molecule has 0 aromatic carbocycles. The van der Waals surface area contributed by atoms with Crippen LogP contribution in [0.5, 0.6) is 0 Å². The van der Waals surface area contributed by atoms with Gasteiger partial charge in [-0.05, 0) is 38.5 Å². The number of pyridine rings is 1. The van der Waals surface area contributed by atoms with Crippen molar-refractivity contribution < 1.29 is 4.74 Å². The zero-order valence-corrected chi connectivity index (χ0v) is 8.74. The van der Waals surface area contributed by atoms with Gasteiger partial charge in [0.1, 0.15) is 11.8 Å². The SMILES string of the molecule is CC(C)(C)OCc1ccnc(C#N)c1. The average Bonchev–Trinajstić information content (AvgIpc) is 2.14. The van der Waals surface area contributed by atoms with E-state index in [1.54, 1.807) is 12.3 Å². The van der Waals surface area contributed by atoms with Gasteiger partial charge >= 0.3 is 0 Å². The van der Waals surface area contributed by atoms with Gasteiger partial charge in [0.2, 0.25) is 0 Å². The summed E-state index contributed by atoms with van der Waals surface area (Å²) in [4.78, 5) is 3.89. The third-order valence-corrected chi connectivity index (χ3v) is 1.61. The first-order chi connectivity index (χ1) is 6.51. The van der Waals surface area contributed by atoms with Crippen LogP contribution in [-0.2, 0) is 11.3 Å². The fraction of sp³-hybridized carbons (Fsp3) is 0.455. The van der Waals surface area contributed by atoms with E-state index in [-0.39, 0.29) is 5.60 Å². The molecule has 1 rings (SSSR count). The summed E-state index contributed by atoms with van der Waals surface area (Å²) in [5.74, 6) is 0. The van der Waals surface area contributed by atoms with Crippen LogP contribution in [0.25, 0.3) is 0 Å². The molecule has 0 saturated heterocycles. The van der Waals surface area contributed by atoms with Crippen molar-refractivity contribution in [3.63, 3.8) is 0 Å².